The summed E-state index contributed by atoms with van der Waals surface area (Å²) in [5, 5.41) is 3.17. The van der Waals surface area contributed by atoms with Crippen LogP contribution in [0.4, 0.5) is 5.69 Å². The molecule has 7 nitrogen and oxygen atoms in total. The molecule has 2 aliphatic heterocycles. The fraction of sp³-hybridized carbons (Fsp3) is 0.500. The molecule has 184 valence electrons. The number of benzene rings is 2. The number of aryl methyl sites for hydroxylation is 1. The van der Waals surface area contributed by atoms with Crippen LogP contribution in [0.25, 0.3) is 0 Å². The predicted molar refractivity (Wildman–Crippen MR) is 134 cm³/mol. The van der Waals surface area contributed by atoms with Gasteiger partial charge >= 0.3 is 5.97 Å². The lowest BCUT2D eigenvalue weighted by atomic mass is 9.96. The highest BCUT2D eigenvalue weighted by molar-refractivity contribution is 7.89. The predicted octanol–water partition coefficient (Wildman–Crippen LogP) is 3.54. The van der Waals surface area contributed by atoms with E-state index in [1.807, 2.05) is 26.0 Å². The smallest absolute Gasteiger partial charge is 0.318 e. The third kappa shape index (κ3) is 5.29. The van der Waals surface area contributed by atoms with Gasteiger partial charge in [-0.3, -0.25) is 4.79 Å². The van der Waals surface area contributed by atoms with Crippen LogP contribution in [0.3, 0.4) is 0 Å². The zero-order valence-electron chi connectivity index (χ0n) is 20.1. The van der Waals surface area contributed by atoms with Gasteiger partial charge in [-0.2, -0.15) is 4.31 Å². The number of ether oxygens (including phenoxy) is 1. The second-order valence-electron chi connectivity index (χ2n) is 8.94. The second-order valence-corrected chi connectivity index (χ2v) is 10.9. The molecule has 1 atom stereocenters. The minimum atomic E-state index is -3.57. The summed E-state index contributed by atoms with van der Waals surface area (Å²) in [7, 11) is -3.57. The molecule has 0 saturated carbocycles. The van der Waals surface area contributed by atoms with Crippen molar-refractivity contribution in [1.82, 2.24) is 9.62 Å². The summed E-state index contributed by atoms with van der Waals surface area (Å²) >= 11 is 0. The van der Waals surface area contributed by atoms with Crippen molar-refractivity contribution >= 4 is 21.7 Å². The van der Waals surface area contributed by atoms with Gasteiger partial charge in [0, 0.05) is 45.0 Å². The van der Waals surface area contributed by atoms with Gasteiger partial charge in [-0.05, 0) is 67.1 Å². The average Bonchev–Trinajstić information content (AvgIpc) is 3.41. The van der Waals surface area contributed by atoms with E-state index in [0.717, 1.165) is 18.7 Å². The van der Waals surface area contributed by atoms with Crippen molar-refractivity contribution in [3.8, 4) is 5.75 Å². The van der Waals surface area contributed by atoms with Crippen LogP contribution in [0.5, 0.6) is 5.75 Å². The van der Waals surface area contributed by atoms with Crippen LogP contribution in [-0.2, 0) is 21.2 Å². The number of rotatable bonds is 8. The molecule has 2 aromatic carbocycles. The van der Waals surface area contributed by atoms with E-state index >= 15 is 0 Å². The molecule has 1 N–H and O–H groups in total. The number of nitrogens with one attached hydrogen (secondary N) is 1. The number of anilines is 1. The number of sulfonamides is 1. The molecule has 4 rings (SSSR count). The monoisotopic (exact) mass is 485 g/mol. The van der Waals surface area contributed by atoms with Crippen LogP contribution in [0, 0.1) is 0 Å². The summed E-state index contributed by atoms with van der Waals surface area (Å²) in [4.78, 5) is 15.7. The number of esters is 1. The van der Waals surface area contributed by atoms with Gasteiger partial charge in [-0.1, -0.05) is 26.0 Å². The van der Waals surface area contributed by atoms with Crippen LogP contribution < -0.4 is 15.0 Å². The molecular formula is C26H35N3O4S. The maximum atomic E-state index is 13.1. The Kier molecular flexibility index (Phi) is 7.91. The molecule has 2 heterocycles. The SMILES string of the molecule is CCc1cc(S(=O)(=O)N2CCNCC2)ccc1OC(=O)[C@@H](CC)c1ccc(N2CCCC2)cc1. The van der Waals surface area contributed by atoms with Gasteiger partial charge in [-0.25, -0.2) is 8.42 Å². The van der Waals surface area contributed by atoms with E-state index in [1.165, 1.54) is 22.8 Å². The molecule has 0 spiro atoms. The number of carbonyl (C=O) groups is 1. The highest BCUT2D eigenvalue weighted by Crippen LogP contribution is 2.30. The molecule has 0 radical (unpaired) electrons. The van der Waals surface area contributed by atoms with Gasteiger partial charge in [-0.15, -0.1) is 0 Å². The number of hydrogen-bond acceptors (Lipinski definition) is 6. The highest BCUT2D eigenvalue weighted by atomic mass is 32.2. The zero-order valence-corrected chi connectivity index (χ0v) is 20.9. The Labute approximate surface area is 203 Å². The molecule has 2 aliphatic rings. The Hall–Kier alpha value is -2.42. The molecule has 0 unspecified atom stereocenters. The molecule has 8 heteroatoms. The fourth-order valence-corrected chi connectivity index (χ4v) is 6.23. The van der Waals surface area contributed by atoms with Crippen LogP contribution >= 0.6 is 0 Å². The topological polar surface area (TPSA) is 79.0 Å². The lowest BCUT2D eigenvalue weighted by Crippen LogP contribution is -2.46. The Morgan fingerprint density at radius 1 is 1.00 bits per heavy atom. The minimum absolute atomic E-state index is 0.246. The minimum Gasteiger partial charge on any atom is -0.426 e. The first-order valence-electron chi connectivity index (χ1n) is 12.3. The first kappa shape index (κ1) is 24.7. The zero-order chi connectivity index (χ0) is 24.1. The normalized spacial score (nSPS) is 18.1. The number of hydrogen-bond donors (Lipinski definition) is 1. The summed E-state index contributed by atoms with van der Waals surface area (Å²) in [6.07, 6.45) is 3.63. The lowest BCUT2D eigenvalue weighted by molar-refractivity contribution is -0.136. The lowest BCUT2D eigenvalue weighted by Gasteiger charge is -2.27. The van der Waals surface area contributed by atoms with Crippen molar-refractivity contribution in [2.45, 2.75) is 50.3 Å². The molecule has 34 heavy (non-hydrogen) atoms. The Morgan fingerprint density at radius 3 is 2.29 bits per heavy atom. The Balaban J connectivity index is 1.49. The van der Waals surface area contributed by atoms with Crippen molar-refractivity contribution < 1.29 is 17.9 Å². The van der Waals surface area contributed by atoms with Crippen molar-refractivity contribution in [3.05, 3.63) is 53.6 Å². The summed E-state index contributed by atoms with van der Waals surface area (Å²) in [5.41, 5.74) is 2.84. The molecule has 0 aromatic heterocycles. The van der Waals surface area contributed by atoms with Gasteiger partial charge in [0.05, 0.1) is 10.8 Å². The molecule has 0 amide bonds. The van der Waals surface area contributed by atoms with Crippen LogP contribution in [0.15, 0.2) is 47.4 Å². The standard InChI is InChI=1S/C26H35N3O4S/c1-3-20-19-23(34(31,32)29-17-13-27-14-18-29)11-12-25(20)33-26(30)24(4-2)21-7-9-22(10-8-21)28-15-5-6-16-28/h7-12,19,24,27H,3-6,13-18H2,1-2H3/t24-/m0/s1. The first-order chi connectivity index (χ1) is 16.4. The van der Waals surface area contributed by atoms with Gasteiger partial charge in [0.25, 0.3) is 0 Å². The van der Waals surface area contributed by atoms with E-state index in [2.05, 4.69) is 22.3 Å². The van der Waals surface area contributed by atoms with Gasteiger partial charge in [0.1, 0.15) is 5.75 Å². The maximum Gasteiger partial charge on any atom is 0.318 e. The van der Waals surface area contributed by atoms with Crippen molar-refractivity contribution in [2.24, 2.45) is 0 Å². The molecule has 0 bridgehead atoms. The molecule has 2 fully saturated rings. The third-order valence-corrected chi connectivity index (χ3v) is 8.69. The largest absolute Gasteiger partial charge is 0.426 e. The van der Waals surface area contributed by atoms with E-state index in [9.17, 15) is 13.2 Å². The Bertz CT molecular complexity index is 1090. The van der Waals surface area contributed by atoms with E-state index in [-0.39, 0.29) is 16.8 Å². The van der Waals surface area contributed by atoms with Crippen molar-refractivity contribution in [1.29, 1.82) is 0 Å². The first-order valence-corrected chi connectivity index (χ1v) is 13.8. The van der Waals surface area contributed by atoms with Gasteiger partial charge < -0.3 is 15.0 Å². The summed E-state index contributed by atoms with van der Waals surface area (Å²) in [5.74, 6) is -0.260. The summed E-state index contributed by atoms with van der Waals surface area (Å²) < 4.78 is 33.4. The summed E-state index contributed by atoms with van der Waals surface area (Å²) in [6, 6.07) is 13.0. The molecular weight excluding hydrogens is 450 g/mol. The second kappa shape index (κ2) is 10.9. The van der Waals surface area contributed by atoms with E-state index in [4.69, 9.17) is 4.74 Å². The molecule has 2 saturated heterocycles. The van der Waals surface area contributed by atoms with Gasteiger partial charge in [0.15, 0.2) is 0 Å². The van der Waals surface area contributed by atoms with E-state index < -0.39 is 10.0 Å². The van der Waals surface area contributed by atoms with Crippen LogP contribution in [0.1, 0.15) is 50.2 Å². The van der Waals surface area contributed by atoms with Crippen molar-refractivity contribution in [2.75, 3.05) is 44.2 Å². The number of carbonyl (C=O) groups excluding carboxylic acids is 1. The molecule has 0 aliphatic carbocycles. The number of nitrogens with zero attached hydrogens (tertiary/aromatic N) is 2. The van der Waals surface area contributed by atoms with E-state index in [0.29, 0.717) is 50.3 Å². The average molecular weight is 486 g/mol. The fourth-order valence-electron chi connectivity index (χ4n) is 4.74. The molecule has 2 aromatic rings. The third-order valence-electron chi connectivity index (χ3n) is 6.80. The summed E-state index contributed by atoms with van der Waals surface area (Å²) in [6.45, 7) is 8.27. The highest BCUT2D eigenvalue weighted by Gasteiger charge is 2.27. The quantitative estimate of drug-likeness (QED) is 0.455. The van der Waals surface area contributed by atoms with Crippen LogP contribution in [-0.4, -0.2) is 58.0 Å². The van der Waals surface area contributed by atoms with Crippen molar-refractivity contribution in [3.63, 3.8) is 0 Å². The Morgan fingerprint density at radius 2 is 1.68 bits per heavy atom. The van der Waals surface area contributed by atoms with Crippen LogP contribution in [0.2, 0.25) is 0 Å². The van der Waals surface area contributed by atoms with E-state index in [1.54, 1.807) is 18.2 Å². The van der Waals surface area contributed by atoms with Gasteiger partial charge in [0.2, 0.25) is 10.0 Å². The number of piperazine rings is 1. The maximum absolute atomic E-state index is 13.1.